The van der Waals surface area contributed by atoms with Crippen LogP contribution in [0.4, 0.5) is 19.0 Å². The van der Waals surface area contributed by atoms with E-state index < -0.39 is 11.7 Å². The third kappa shape index (κ3) is 3.19. The maximum absolute atomic E-state index is 12.4. The lowest BCUT2D eigenvalue weighted by atomic mass is 10.2. The van der Waals surface area contributed by atoms with Gasteiger partial charge in [-0.25, -0.2) is 4.98 Å². The van der Waals surface area contributed by atoms with Gasteiger partial charge in [0.25, 0.3) is 0 Å². The van der Waals surface area contributed by atoms with Crippen molar-refractivity contribution >= 4 is 5.82 Å². The first-order chi connectivity index (χ1) is 8.55. The molecule has 8 heteroatoms. The fourth-order valence-electron chi connectivity index (χ4n) is 1.31. The van der Waals surface area contributed by atoms with Gasteiger partial charge in [-0.1, -0.05) is 5.16 Å². The fraction of sp³-hybridized carbons (Fsp3) is 0.300. The van der Waals surface area contributed by atoms with Crippen molar-refractivity contribution in [1.82, 2.24) is 15.1 Å². The van der Waals surface area contributed by atoms with Gasteiger partial charge in [0, 0.05) is 19.2 Å². The minimum Gasteiger partial charge on any atom is -0.370 e. The van der Waals surface area contributed by atoms with Crippen LogP contribution < -0.4 is 5.32 Å². The number of hydrogen-bond acceptors (Lipinski definition) is 5. The summed E-state index contributed by atoms with van der Waals surface area (Å²) in [4.78, 5) is 7.58. The minimum absolute atomic E-state index is 0.160. The summed E-state index contributed by atoms with van der Waals surface area (Å²) < 4.78 is 41.8. The summed E-state index contributed by atoms with van der Waals surface area (Å²) in [6.45, 7) is 0.369. The maximum Gasteiger partial charge on any atom is 0.416 e. The quantitative estimate of drug-likeness (QED) is 0.910. The fourth-order valence-corrected chi connectivity index (χ4v) is 1.31. The van der Waals surface area contributed by atoms with Gasteiger partial charge in [0.1, 0.15) is 5.82 Å². The van der Waals surface area contributed by atoms with Crippen molar-refractivity contribution in [2.75, 3.05) is 11.9 Å². The van der Waals surface area contributed by atoms with Crippen molar-refractivity contribution in [3.05, 3.63) is 36.1 Å². The summed E-state index contributed by atoms with van der Waals surface area (Å²) in [5.41, 5.74) is -0.737. The van der Waals surface area contributed by atoms with Crippen LogP contribution in [0.1, 0.15) is 11.4 Å². The first-order valence-electron chi connectivity index (χ1n) is 5.08. The molecule has 96 valence electrons. The molecule has 0 radical (unpaired) electrons. The molecule has 0 aromatic carbocycles. The van der Waals surface area contributed by atoms with Crippen LogP contribution >= 0.6 is 0 Å². The molecule has 0 saturated carbocycles. The SMILES string of the molecule is FC(F)(F)c1ccnc(NCCc2ncon2)c1. The molecule has 0 aliphatic heterocycles. The van der Waals surface area contributed by atoms with Gasteiger partial charge in [-0.15, -0.1) is 0 Å². The number of anilines is 1. The molecule has 5 nitrogen and oxygen atoms in total. The zero-order valence-electron chi connectivity index (χ0n) is 9.11. The second-order valence-electron chi connectivity index (χ2n) is 3.45. The second-order valence-corrected chi connectivity index (χ2v) is 3.45. The maximum atomic E-state index is 12.4. The zero-order chi connectivity index (χ0) is 13.0. The van der Waals surface area contributed by atoms with E-state index in [-0.39, 0.29) is 5.82 Å². The van der Waals surface area contributed by atoms with E-state index in [2.05, 4.69) is 25.0 Å². The second kappa shape index (κ2) is 5.03. The highest BCUT2D eigenvalue weighted by atomic mass is 19.4. The molecule has 0 aliphatic rings. The van der Waals surface area contributed by atoms with Gasteiger partial charge in [-0.05, 0) is 12.1 Å². The number of nitrogens with zero attached hydrogens (tertiary/aromatic N) is 3. The van der Waals surface area contributed by atoms with E-state index in [1.54, 1.807) is 0 Å². The Hall–Kier alpha value is -2.12. The summed E-state index contributed by atoms with van der Waals surface area (Å²) in [7, 11) is 0. The number of rotatable bonds is 4. The normalized spacial score (nSPS) is 11.5. The lowest BCUT2D eigenvalue weighted by Gasteiger charge is -2.08. The van der Waals surface area contributed by atoms with Gasteiger partial charge in [0.2, 0.25) is 6.39 Å². The molecule has 1 N–H and O–H groups in total. The average molecular weight is 258 g/mol. The van der Waals surface area contributed by atoms with Crippen LogP contribution in [0.15, 0.2) is 29.2 Å². The lowest BCUT2D eigenvalue weighted by Crippen LogP contribution is -2.10. The Morgan fingerprint density at radius 2 is 2.11 bits per heavy atom. The predicted octanol–water partition coefficient (Wildman–Crippen LogP) is 2.14. The molecular formula is C10H9F3N4O. The van der Waals surface area contributed by atoms with Crippen molar-refractivity contribution in [3.63, 3.8) is 0 Å². The van der Waals surface area contributed by atoms with Gasteiger partial charge < -0.3 is 9.84 Å². The van der Waals surface area contributed by atoms with Crippen LogP contribution in [-0.2, 0) is 12.6 Å². The van der Waals surface area contributed by atoms with E-state index in [4.69, 9.17) is 0 Å². The highest BCUT2D eigenvalue weighted by Gasteiger charge is 2.30. The van der Waals surface area contributed by atoms with Gasteiger partial charge in [-0.3, -0.25) is 0 Å². The third-order valence-electron chi connectivity index (χ3n) is 2.15. The van der Waals surface area contributed by atoms with E-state index in [1.165, 1.54) is 6.39 Å². The van der Waals surface area contributed by atoms with Crippen LogP contribution in [-0.4, -0.2) is 21.7 Å². The van der Waals surface area contributed by atoms with Gasteiger partial charge in [0.05, 0.1) is 5.56 Å². The molecule has 0 saturated heterocycles. The smallest absolute Gasteiger partial charge is 0.370 e. The molecule has 0 atom stereocenters. The van der Waals surface area contributed by atoms with E-state index in [0.717, 1.165) is 18.3 Å². The molecule has 0 spiro atoms. The largest absolute Gasteiger partial charge is 0.416 e. The standard InChI is InChI=1S/C10H9F3N4O/c11-10(12,13)7-1-3-14-9(5-7)15-4-2-8-16-6-18-17-8/h1,3,5-6H,2,4H2,(H,14,15). The molecule has 18 heavy (non-hydrogen) atoms. The molecule has 2 aromatic rings. The molecule has 0 bridgehead atoms. The van der Waals surface area contributed by atoms with Crippen molar-refractivity contribution in [3.8, 4) is 0 Å². The Balaban J connectivity index is 1.93. The predicted molar refractivity (Wildman–Crippen MR) is 55.7 cm³/mol. The van der Waals surface area contributed by atoms with Crippen LogP contribution in [0.25, 0.3) is 0 Å². The van der Waals surface area contributed by atoms with E-state index in [9.17, 15) is 13.2 Å². The Labute approximate surface area is 100 Å². The minimum atomic E-state index is -4.37. The number of aromatic nitrogens is 3. The number of hydrogen-bond donors (Lipinski definition) is 1. The topological polar surface area (TPSA) is 63.8 Å². The van der Waals surface area contributed by atoms with Crippen molar-refractivity contribution in [2.24, 2.45) is 0 Å². The summed E-state index contributed by atoms with van der Waals surface area (Å²) in [6, 6.07) is 1.88. The molecular weight excluding hydrogens is 249 g/mol. The first-order valence-corrected chi connectivity index (χ1v) is 5.08. The van der Waals surface area contributed by atoms with Crippen molar-refractivity contribution < 1.29 is 17.7 Å². The summed E-state index contributed by atoms with van der Waals surface area (Å²) in [6.07, 6.45) is -1.63. The summed E-state index contributed by atoms with van der Waals surface area (Å²) in [5.74, 6) is 0.641. The Kier molecular flexibility index (Phi) is 3.45. The van der Waals surface area contributed by atoms with E-state index in [1.807, 2.05) is 0 Å². The van der Waals surface area contributed by atoms with Gasteiger partial charge in [-0.2, -0.15) is 18.2 Å². The molecule has 0 fully saturated rings. The average Bonchev–Trinajstić information content (AvgIpc) is 2.81. The van der Waals surface area contributed by atoms with E-state index >= 15 is 0 Å². The molecule has 2 rings (SSSR count). The van der Waals surface area contributed by atoms with Crippen LogP contribution in [0.2, 0.25) is 0 Å². The van der Waals surface area contributed by atoms with Crippen LogP contribution in [0, 0.1) is 0 Å². The molecule has 0 unspecified atom stereocenters. The van der Waals surface area contributed by atoms with Crippen LogP contribution in [0.3, 0.4) is 0 Å². The zero-order valence-corrected chi connectivity index (χ0v) is 9.11. The Bertz CT molecular complexity index is 498. The van der Waals surface area contributed by atoms with Gasteiger partial charge >= 0.3 is 6.18 Å². The molecule has 2 heterocycles. The molecule has 0 amide bonds. The highest BCUT2D eigenvalue weighted by Crippen LogP contribution is 2.29. The van der Waals surface area contributed by atoms with Crippen molar-refractivity contribution in [2.45, 2.75) is 12.6 Å². The molecule has 2 aromatic heterocycles. The first kappa shape index (κ1) is 12.3. The number of halogens is 3. The monoisotopic (exact) mass is 258 g/mol. The summed E-state index contributed by atoms with van der Waals surface area (Å²) in [5, 5.41) is 6.34. The number of pyridine rings is 1. The number of alkyl halides is 3. The number of nitrogens with one attached hydrogen (secondary N) is 1. The van der Waals surface area contributed by atoms with Gasteiger partial charge in [0.15, 0.2) is 5.82 Å². The van der Waals surface area contributed by atoms with Crippen molar-refractivity contribution in [1.29, 1.82) is 0 Å². The van der Waals surface area contributed by atoms with Crippen LogP contribution in [0.5, 0.6) is 0 Å². The van der Waals surface area contributed by atoms with E-state index in [0.29, 0.717) is 18.8 Å². The Morgan fingerprint density at radius 1 is 1.28 bits per heavy atom. The Morgan fingerprint density at radius 3 is 2.78 bits per heavy atom. The summed E-state index contributed by atoms with van der Waals surface area (Å²) >= 11 is 0. The molecule has 0 aliphatic carbocycles. The highest BCUT2D eigenvalue weighted by molar-refractivity contribution is 5.38. The third-order valence-corrected chi connectivity index (χ3v) is 2.15. The lowest BCUT2D eigenvalue weighted by molar-refractivity contribution is -0.137.